The molecule has 100 valence electrons. The number of Topliss-reactive ketones (excluding diaryl/α,β-unsaturated/α-hetero) is 1. The Morgan fingerprint density at radius 2 is 2.16 bits per heavy atom. The van der Waals surface area contributed by atoms with Gasteiger partial charge in [-0.3, -0.25) is 4.79 Å². The lowest BCUT2D eigenvalue weighted by atomic mass is 10.2. The number of hydrogen-bond donors (Lipinski definition) is 0. The van der Waals surface area contributed by atoms with E-state index in [2.05, 4.69) is 15.9 Å². The van der Waals surface area contributed by atoms with Crippen LogP contribution in [0.5, 0.6) is 5.75 Å². The lowest BCUT2D eigenvalue weighted by Gasteiger charge is -2.13. The van der Waals surface area contributed by atoms with Crippen molar-refractivity contribution in [3.63, 3.8) is 0 Å². The molecule has 6 heteroatoms. The van der Waals surface area contributed by atoms with Crippen molar-refractivity contribution in [3.8, 4) is 5.75 Å². The van der Waals surface area contributed by atoms with Gasteiger partial charge in [-0.1, -0.05) is 11.6 Å². The van der Waals surface area contributed by atoms with Crippen LogP contribution in [-0.4, -0.2) is 11.9 Å². The first kappa shape index (κ1) is 14.5. The highest BCUT2D eigenvalue weighted by Crippen LogP contribution is 2.25. The van der Waals surface area contributed by atoms with Gasteiger partial charge in [0.1, 0.15) is 11.6 Å². The summed E-state index contributed by atoms with van der Waals surface area (Å²) >= 11 is 10.1. The van der Waals surface area contributed by atoms with Crippen LogP contribution in [0.25, 0.3) is 0 Å². The summed E-state index contributed by atoms with van der Waals surface area (Å²) in [5.74, 6) is -0.106. The molecule has 2 aromatic rings. The number of halogens is 3. The fraction of sp³-hybridized carbons (Fsp3) is 0.154. The third-order valence-corrected chi connectivity index (χ3v) is 4.24. The predicted octanol–water partition coefficient (Wildman–Crippen LogP) is 4.95. The molecule has 1 aromatic heterocycles. The molecule has 1 unspecified atom stereocenters. The second kappa shape index (κ2) is 6.03. The van der Waals surface area contributed by atoms with Crippen molar-refractivity contribution in [1.82, 2.24) is 0 Å². The standard InChI is InChI=1S/C13H9BrClFO2S/c1-7(13(17)11-4-5-12(15)19-11)18-8-2-3-10(16)9(14)6-8/h2-7H,1H3. The highest BCUT2D eigenvalue weighted by atomic mass is 79.9. The molecule has 0 saturated carbocycles. The first-order valence-corrected chi connectivity index (χ1v) is 7.37. The lowest BCUT2D eigenvalue weighted by Crippen LogP contribution is -2.23. The maximum absolute atomic E-state index is 13.1. The summed E-state index contributed by atoms with van der Waals surface area (Å²) in [5.41, 5.74) is 0. The van der Waals surface area contributed by atoms with E-state index in [1.165, 1.54) is 29.5 Å². The van der Waals surface area contributed by atoms with Gasteiger partial charge in [0.05, 0.1) is 13.7 Å². The highest BCUT2D eigenvalue weighted by Gasteiger charge is 2.19. The Morgan fingerprint density at radius 3 is 2.74 bits per heavy atom. The van der Waals surface area contributed by atoms with E-state index in [1.54, 1.807) is 19.1 Å². The zero-order valence-electron chi connectivity index (χ0n) is 9.82. The Labute approximate surface area is 127 Å². The third kappa shape index (κ3) is 3.55. The molecule has 0 aliphatic carbocycles. The number of thiophene rings is 1. The molecule has 1 heterocycles. The smallest absolute Gasteiger partial charge is 0.212 e. The molecule has 1 atom stereocenters. The SMILES string of the molecule is CC(Oc1ccc(F)c(Br)c1)C(=O)c1ccc(Cl)s1. The maximum Gasteiger partial charge on any atom is 0.212 e. The Balaban J connectivity index is 2.10. The van der Waals surface area contributed by atoms with Gasteiger partial charge >= 0.3 is 0 Å². The first-order chi connectivity index (χ1) is 8.97. The highest BCUT2D eigenvalue weighted by molar-refractivity contribution is 9.10. The van der Waals surface area contributed by atoms with E-state index in [0.29, 0.717) is 19.4 Å². The molecular formula is C13H9BrClFO2S. The molecule has 0 aliphatic heterocycles. The van der Waals surface area contributed by atoms with E-state index in [1.807, 2.05) is 0 Å². The molecule has 2 rings (SSSR count). The van der Waals surface area contributed by atoms with Crippen molar-refractivity contribution in [2.45, 2.75) is 13.0 Å². The Hall–Kier alpha value is -0.910. The summed E-state index contributed by atoms with van der Waals surface area (Å²) in [7, 11) is 0. The minimum absolute atomic E-state index is 0.155. The fourth-order valence-corrected chi connectivity index (χ4v) is 2.87. The number of carbonyl (C=O) groups is 1. The molecule has 1 aromatic carbocycles. The maximum atomic E-state index is 13.1. The topological polar surface area (TPSA) is 26.3 Å². The third-order valence-electron chi connectivity index (χ3n) is 2.39. The molecule has 19 heavy (non-hydrogen) atoms. The molecule has 0 radical (unpaired) electrons. The quantitative estimate of drug-likeness (QED) is 0.718. The lowest BCUT2D eigenvalue weighted by molar-refractivity contribution is 0.0822. The molecule has 0 saturated heterocycles. The van der Waals surface area contributed by atoms with Crippen LogP contribution in [0.2, 0.25) is 4.34 Å². The van der Waals surface area contributed by atoms with Gasteiger partial charge in [-0.05, 0) is 53.2 Å². The molecule has 0 N–H and O–H groups in total. The largest absolute Gasteiger partial charge is 0.482 e. The number of carbonyl (C=O) groups excluding carboxylic acids is 1. The van der Waals surface area contributed by atoms with Crippen LogP contribution in [0.15, 0.2) is 34.8 Å². The molecule has 0 aliphatic rings. The van der Waals surface area contributed by atoms with E-state index in [0.717, 1.165) is 0 Å². The zero-order valence-corrected chi connectivity index (χ0v) is 13.0. The van der Waals surface area contributed by atoms with Crippen LogP contribution in [0.1, 0.15) is 16.6 Å². The van der Waals surface area contributed by atoms with Gasteiger partial charge in [-0.15, -0.1) is 11.3 Å². The number of rotatable bonds is 4. The van der Waals surface area contributed by atoms with Crippen molar-refractivity contribution in [1.29, 1.82) is 0 Å². The van der Waals surface area contributed by atoms with E-state index in [4.69, 9.17) is 16.3 Å². The molecular weight excluding hydrogens is 355 g/mol. The van der Waals surface area contributed by atoms with Crippen LogP contribution in [0, 0.1) is 5.82 Å². The normalized spacial score (nSPS) is 12.2. The number of hydrogen-bond acceptors (Lipinski definition) is 3. The summed E-state index contributed by atoms with van der Waals surface area (Å²) in [6.07, 6.45) is -0.660. The monoisotopic (exact) mass is 362 g/mol. The van der Waals surface area contributed by atoms with Crippen LogP contribution in [0.4, 0.5) is 4.39 Å². The number of ether oxygens (including phenoxy) is 1. The van der Waals surface area contributed by atoms with Crippen molar-refractivity contribution in [2.75, 3.05) is 0 Å². The van der Waals surface area contributed by atoms with Crippen molar-refractivity contribution >= 4 is 44.7 Å². The second-order valence-corrected chi connectivity index (χ2v) is 6.37. The van der Waals surface area contributed by atoms with Crippen LogP contribution >= 0.6 is 38.9 Å². The van der Waals surface area contributed by atoms with Crippen molar-refractivity contribution < 1.29 is 13.9 Å². The van der Waals surface area contributed by atoms with Gasteiger partial charge in [0.2, 0.25) is 5.78 Å². The van der Waals surface area contributed by atoms with Crippen LogP contribution in [-0.2, 0) is 0 Å². The molecule has 0 amide bonds. The zero-order chi connectivity index (χ0) is 14.0. The molecule has 0 spiro atoms. The van der Waals surface area contributed by atoms with Gasteiger partial charge in [-0.25, -0.2) is 4.39 Å². The Bertz CT molecular complexity index is 614. The van der Waals surface area contributed by atoms with Crippen LogP contribution < -0.4 is 4.74 Å². The van der Waals surface area contributed by atoms with Crippen molar-refractivity contribution in [3.05, 3.63) is 49.8 Å². The van der Waals surface area contributed by atoms with Crippen molar-refractivity contribution in [2.24, 2.45) is 0 Å². The summed E-state index contributed by atoms with van der Waals surface area (Å²) in [6, 6.07) is 7.57. The molecule has 0 bridgehead atoms. The second-order valence-electron chi connectivity index (χ2n) is 3.80. The summed E-state index contributed by atoms with van der Waals surface area (Å²) in [5, 5.41) is 0. The first-order valence-electron chi connectivity index (χ1n) is 5.38. The Morgan fingerprint density at radius 1 is 1.42 bits per heavy atom. The fourth-order valence-electron chi connectivity index (χ4n) is 1.45. The number of ketones is 1. The summed E-state index contributed by atoms with van der Waals surface area (Å²) < 4.78 is 19.4. The van der Waals surface area contributed by atoms with Gasteiger partial charge in [0.25, 0.3) is 0 Å². The number of benzene rings is 1. The molecule has 2 nitrogen and oxygen atoms in total. The van der Waals surface area contributed by atoms with Gasteiger partial charge < -0.3 is 4.74 Å². The van der Waals surface area contributed by atoms with E-state index in [9.17, 15) is 9.18 Å². The molecule has 0 fully saturated rings. The average molecular weight is 364 g/mol. The van der Waals surface area contributed by atoms with Gasteiger partial charge in [0, 0.05) is 0 Å². The summed E-state index contributed by atoms with van der Waals surface area (Å²) in [6.45, 7) is 1.65. The van der Waals surface area contributed by atoms with E-state index >= 15 is 0 Å². The minimum atomic E-state index is -0.660. The predicted molar refractivity (Wildman–Crippen MR) is 77.8 cm³/mol. The Kier molecular flexibility index (Phi) is 4.60. The van der Waals surface area contributed by atoms with Gasteiger partial charge in [-0.2, -0.15) is 0 Å². The van der Waals surface area contributed by atoms with E-state index in [-0.39, 0.29) is 11.6 Å². The summed E-state index contributed by atoms with van der Waals surface area (Å²) in [4.78, 5) is 12.6. The van der Waals surface area contributed by atoms with Crippen LogP contribution in [0.3, 0.4) is 0 Å². The van der Waals surface area contributed by atoms with Gasteiger partial charge in [0.15, 0.2) is 6.10 Å². The van der Waals surface area contributed by atoms with E-state index < -0.39 is 6.10 Å². The minimum Gasteiger partial charge on any atom is -0.482 e. The average Bonchev–Trinajstić information content (AvgIpc) is 2.79.